The third kappa shape index (κ3) is 3.74. The van der Waals surface area contributed by atoms with Crippen molar-refractivity contribution >= 4 is 11.9 Å². The molecule has 1 unspecified atom stereocenters. The molecule has 0 spiro atoms. The average molecular weight is 291 g/mol. The molecule has 1 aliphatic heterocycles. The van der Waals surface area contributed by atoms with Crippen LogP contribution in [0.2, 0.25) is 0 Å². The van der Waals surface area contributed by atoms with Gasteiger partial charge in [0.1, 0.15) is 5.75 Å². The molecular formula is C16H21NO4. The number of rotatable bonds is 5. The number of amides is 1. The van der Waals surface area contributed by atoms with Crippen LogP contribution >= 0.6 is 0 Å². The number of nitrogens with zero attached hydrogens (tertiary/aromatic N) is 1. The number of carboxylic acids is 1. The largest absolute Gasteiger partial charge is 0.484 e. The normalized spacial score (nSPS) is 16.2. The summed E-state index contributed by atoms with van der Waals surface area (Å²) in [5.74, 6) is -0.569. The van der Waals surface area contributed by atoms with Gasteiger partial charge in [0.15, 0.2) is 6.61 Å². The van der Waals surface area contributed by atoms with E-state index in [0.717, 1.165) is 11.1 Å². The summed E-state index contributed by atoms with van der Waals surface area (Å²) in [5, 5.41) is 8.92. The number of ether oxygens (including phenoxy) is 1. The molecule has 21 heavy (non-hydrogen) atoms. The van der Waals surface area contributed by atoms with Crippen molar-refractivity contribution in [3.8, 4) is 5.75 Å². The molecule has 1 atom stereocenters. The summed E-state index contributed by atoms with van der Waals surface area (Å²) in [5.41, 5.74) is 2.19. The number of hydrogen-bond acceptors (Lipinski definition) is 3. The average Bonchev–Trinajstić information content (AvgIpc) is 2.33. The van der Waals surface area contributed by atoms with Crippen LogP contribution in [-0.2, 0) is 9.59 Å². The van der Waals surface area contributed by atoms with Crippen LogP contribution < -0.4 is 4.74 Å². The highest BCUT2D eigenvalue weighted by Gasteiger charge is 2.37. The van der Waals surface area contributed by atoms with Crippen molar-refractivity contribution in [1.82, 2.24) is 4.90 Å². The molecule has 1 fully saturated rings. The standard InChI is InChI=1S/C16H21NO4/c1-10-4-11(2)6-14(5-10)21-9-15(18)17-7-13(8-17)12(3)16(19)20/h4-6,12-13H,7-9H2,1-3H3,(H,19,20). The molecular weight excluding hydrogens is 270 g/mol. The molecule has 1 saturated heterocycles. The number of benzene rings is 1. The van der Waals surface area contributed by atoms with Crippen LogP contribution in [0.25, 0.3) is 0 Å². The van der Waals surface area contributed by atoms with Crippen LogP contribution in [0.3, 0.4) is 0 Å². The molecule has 1 N–H and O–H groups in total. The van der Waals surface area contributed by atoms with Crippen molar-refractivity contribution in [2.75, 3.05) is 19.7 Å². The van der Waals surface area contributed by atoms with Gasteiger partial charge in [-0.05, 0) is 37.1 Å². The third-order valence-electron chi connectivity index (χ3n) is 3.92. The Labute approximate surface area is 124 Å². The van der Waals surface area contributed by atoms with Crippen LogP contribution in [0.15, 0.2) is 18.2 Å². The van der Waals surface area contributed by atoms with Gasteiger partial charge in [0.2, 0.25) is 0 Å². The lowest BCUT2D eigenvalue weighted by atomic mass is 9.87. The molecule has 1 heterocycles. The fourth-order valence-corrected chi connectivity index (χ4v) is 2.49. The smallest absolute Gasteiger partial charge is 0.306 e. The Morgan fingerprint density at radius 3 is 2.38 bits per heavy atom. The van der Waals surface area contributed by atoms with Gasteiger partial charge in [0.25, 0.3) is 5.91 Å². The zero-order valence-corrected chi connectivity index (χ0v) is 12.6. The maximum atomic E-state index is 12.0. The summed E-state index contributed by atoms with van der Waals surface area (Å²) in [6.45, 7) is 6.65. The first kappa shape index (κ1) is 15.4. The van der Waals surface area contributed by atoms with Gasteiger partial charge >= 0.3 is 5.97 Å². The molecule has 2 rings (SSSR count). The number of carbonyl (C=O) groups is 2. The van der Waals surface area contributed by atoms with Crippen LogP contribution in [0.5, 0.6) is 5.75 Å². The van der Waals surface area contributed by atoms with E-state index < -0.39 is 11.9 Å². The third-order valence-corrected chi connectivity index (χ3v) is 3.92. The minimum atomic E-state index is -0.807. The first-order valence-electron chi connectivity index (χ1n) is 7.08. The summed E-state index contributed by atoms with van der Waals surface area (Å²) in [6.07, 6.45) is 0. The summed E-state index contributed by atoms with van der Waals surface area (Å²) in [7, 11) is 0. The van der Waals surface area contributed by atoms with Crippen LogP contribution in [0.1, 0.15) is 18.1 Å². The van der Waals surface area contributed by atoms with Crippen molar-refractivity contribution in [1.29, 1.82) is 0 Å². The Morgan fingerprint density at radius 1 is 1.29 bits per heavy atom. The van der Waals surface area contributed by atoms with E-state index >= 15 is 0 Å². The van der Waals surface area contributed by atoms with Crippen molar-refractivity contribution in [3.63, 3.8) is 0 Å². The molecule has 114 valence electrons. The quantitative estimate of drug-likeness (QED) is 0.899. The highest BCUT2D eigenvalue weighted by Crippen LogP contribution is 2.24. The van der Waals surface area contributed by atoms with Gasteiger partial charge in [-0.3, -0.25) is 9.59 Å². The maximum absolute atomic E-state index is 12.0. The lowest BCUT2D eigenvalue weighted by molar-refractivity contribution is -0.151. The molecule has 5 nitrogen and oxygen atoms in total. The van der Waals surface area contributed by atoms with E-state index in [2.05, 4.69) is 0 Å². The Hall–Kier alpha value is -2.04. The second kappa shape index (κ2) is 6.16. The fraction of sp³-hybridized carbons (Fsp3) is 0.500. The van der Waals surface area contributed by atoms with Gasteiger partial charge in [-0.15, -0.1) is 0 Å². The Balaban J connectivity index is 1.80. The van der Waals surface area contributed by atoms with Crippen molar-refractivity contribution in [3.05, 3.63) is 29.3 Å². The first-order valence-corrected chi connectivity index (χ1v) is 7.08. The van der Waals surface area contributed by atoms with Gasteiger partial charge in [0.05, 0.1) is 5.92 Å². The number of carboxylic acid groups (broad SMARTS) is 1. The van der Waals surface area contributed by atoms with Gasteiger partial charge in [-0.1, -0.05) is 13.0 Å². The topological polar surface area (TPSA) is 66.8 Å². The zero-order valence-electron chi connectivity index (χ0n) is 12.6. The van der Waals surface area contributed by atoms with Crippen LogP contribution in [0, 0.1) is 25.7 Å². The summed E-state index contributed by atoms with van der Waals surface area (Å²) in [6, 6.07) is 5.83. The number of aliphatic carboxylic acids is 1. The van der Waals surface area contributed by atoms with E-state index in [1.54, 1.807) is 11.8 Å². The Bertz CT molecular complexity index is 529. The minimum Gasteiger partial charge on any atom is -0.484 e. The lowest BCUT2D eigenvalue weighted by Crippen LogP contribution is -2.54. The highest BCUT2D eigenvalue weighted by molar-refractivity contribution is 5.79. The van der Waals surface area contributed by atoms with E-state index in [4.69, 9.17) is 9.84 Å². The number of carbonyl (C=O) groups excluding carboxylic acids is 1. The van der Waals surface area contributed by atoms with E-state index in [1.165, 1.54) is 0 Å². The molecule has 0 bridgehead atoms. The maximum Gasteiger partial charge on any atom is 0.306 e. The zero-order chi connectivity index (χ0) is 15.6. The molecule has 0 saturated carbocycles. The number of aryl methyl sites for hydroxylation is 2. The van der Waals surface area contributed by atoms with Gasteiger partial charge in [-0.25, -0.2) is 0 Å². The van der Waals surface area contributed by atoms with Crippen LogP contribution in [0.4, 0.5) is 0 Å². The predicted molar refractivity (Wildman–Crippen MR) is 78.3 cm³/mol. The molecule has 1 aromatic carbocycles. The predicted octanol–water partition coefficient (Wildman–Crippen LogP) is 1.86. The number of likely N-dealkylation sites (tertiary alicyclic amines) is 1. The fourth-order valence-electron chi connectivity index (χ4n) is 2.49. The number of hydrogen-bond donors (Lipinski definition) is 1. The molecule has 0 radical (unpaired) electrons. The summed E-state index contributed by atoms with van der Waals surface area (Å²) >= 11 is 0. The molecule has 1 amide bonds. The second-order valence-electron chi connectivity index (χ2n) is 5.80. The van der Waals surface area contributed by atoms with Gasteiger partial charge < -0.3 is 14.7 Å². The van der Waals surface area contributed by atoms with Crippen molar-refractivity contribution in [2.45, 2.75) is 20.8 Å². The SMILES string of the molecule is Cc1cc(C)cc(OCC(=O)N2CC(C(C)C(=O)O)C2)c1. The summed E-state index contributed by atoms with van der Waals surface area (Å²) in [4.78, 5) is 24.5. The summed E-state index contributed by atoms with van der Waals surface area (Å²) < 4.78 is 5.52. The minimum absolute atomic E-state index is 0.00291. The van der Waals surface area contributed by atoms with E-state index in [-0.39, 0.29) is 18.4 Å². The Kier molecular flexibility index (Phi) is 4.50. The van der Waals surface area contributed by atoms with Crippen LogP contribution in [-0.4, -0.2) is 41.6 Å². The molecule has 5 heteroatoms. The van der Waals surface area contributed by atoms with E-state index in [0.29, 0.717) is 18.8 Å². The van der Waals surface area contributed by atoms with Gasteiger partial charge in [-0.2, -0.15) is 0 Å². The lowest BCUT2D eigenvalue weighted by Gasteiger charge is -2.41. The highest BCUT2D eigenvalue weighted by atomic mass is 16.5. The molecule has 1 aromatic rings. The molecule has 0 aliphatic carbocycles. The molecule has 1 aliphatic rings. The van der Waals surface area contributed by atoms with Gasteiger partial charge in [0, 0.05) is 19.0 Å². The molecule has 0 aromatic heterocycles. The second-order valence-corrected chi connectivity index (χ2v) is 5.80. The van der Waals surface area contributed by atoms with E-state index in [1.807, 2.05) is 32.0 Å². The van der Waals surface area contributed by atoms with E-state index in [9.17, 15) is 9.59 Å². The first-order chi connectivity index (χ1) is 9.86. The Morgan fingerprint density at radius 2 is 1.86 bits per heavy atom. The monoisotopic (exact) mass is 291 g/mol. The van der Waals surface area contributed by atoms with Crippen molar-refractivity contribution < 1.29 is 19.4 Å². The van der Waals surface area contributed by atoms with Crippen molar-refractivity contribution in [2.24, 2.45) is 11.8 Å².